The molecule has 0 aliphatic rings. The number of carbonyl (C=O) groups is 1. The summed E-state index contributed by atoms with van der Waals surface area (Å²) in [5.41, 5.74) is 4.21. The summed E-state index contributed by atoms with van der Waals surface area (Å²) in [6.45, 7) is 2.74. The number of carbonyl (C=O) groups excluding carboxylic acids is 1. The van der Waals surface area contributed by atoms with Crippen molar-refractivity contribution in [3.8, 4) is 0 Å². The molecule has 1 rings (SSSR count). The Morgan fingerprint density at radius 2 is 1.95 bits per heavy atom. The van der Waals surface area contributed by atoms with Gasteiger partial charge in [0.15, 0.2) is 0 Å². The topological polar surface area (TPSA) is 61.5 Å². The number of nitrogens with two attached hydrogens (primary N) is 1. The molecule has 1 aromatic carbocycles. The SMILES string of the molecule is CCCCOCCOC(=O)c1cc(C(F)(F)F)ccc1N. The Labute approximate surface area is 121 Å². The number of alkyl halides is 3. The van der Waals surface area contributed by atoms with Crippen LogP contribution in [0, 0.1) is 0 Å². The number of esters is 1. The molecule has 0 saturated heterocycles. The Hall–Kier alpha value is -1.76. The van der Waals surface area contributed by atoms with Gasteiger partial charge in [-0.05, 0) is 24.6 Å². The minimum absolute atomic E-state index is 0.0295. The van der Waals surface area contributed by atoms with Gasteiger partial charge in [0.05, 0.1) is 17.7 Å². The average Bonchev–Trinajstić information content (AvgIpc) is 2.41. The van der Waals surface area contributed by atoms with Crippen LogP contribution in [0.3, 0.4) is 0 Å². The predicted molar refractivity (Wildman–Crippen MR) is 71.9 cm³/mol. The molecule has 0 aliphatic heterocycles. The van der Waals surface area contributed by atoms with E-state index in [-0.39, 0.29) is 24.5 Å². The standard InChI is InChI=1S/C14H18F3NO3/c1-2-3-6-20-7-8-21-13(19)11-9-10(14(15,16)17)4-5-12(11)18/h4-5,9H,2-3,6-8,18H2,1H3. The lowest BCUT2D eigenvalue weighted by molar-refractivity contribution is -0.137. The molecular weight excluding hydrogens is 287 g/mol. The summed E-state index contributed by atoms with van der Waals surface area (Å²) in [6, 6.07) is 2.55. The molecule has 0 atom stereocenters. The molecule has 7 heteroatoms. The molecular formula is C14H18F3NO3. The van der Waals surface area contributed by atoms with Crippen LogP contribution in [0.5, 0.6) is 0 Å². The number of halogens is 3. The highest BCUT2D eigenvalue weighted by Crippen LogP contribution is 2.31. The molecule has 0 spiro atoms. The molecule has 0 aromatic heterocycles. The molecule has 0 aliphatic carbocycles. The highest BCUT2D eigenvalue weighted by molar-refractivity contribution is 5.95. The minimum atomic E-state index is -4.54. The summed E-state index contributed by atoms with van der Waals surface area (Å²) in [6.07, 6.45) is -2.65. The second-order valence-electron chi connectivity index (χ2n) is 4.40. The predicted octanol–water partition coefficient (Wildman–Crippen LogP) is 3.26. The molecule has 0 amide bonds. The zero-order chi connectivity index (χ0) is 15.9. The van der Waals surface area contributed by atoms with Crippen LogP contribution in [0.4, 0.5) is 18.9 Å². The lowest BCUT2D eigenvalue weighted by Crippen LogP contribution is -2.14. The second kappa shape index (κ2) is 7.87. The normalized spacial score (nSPS) is 11.4. The molecule has 0 bridgehead atoms. The third-order valence-electron chi connectivity index (χ3n) is 2.70. The summed E-state index contributed by atoms with van der Waals surface area (Å²) in [4.78, 5) is 11.7. The highest BCUT2D eigenvalue weighted by atomic mass is 19.4. The van der Waals surface area contributed by atoms with Gasteiger partial charge in [-0.1, -0.05) is 13.3 Å². The summed E-state index contributed by atoms with van der Waals surface area (Å²) >= 11 is 0. The number of ether oxygens (including phenoxy) is 2. The third-order valence-corrected chi connectivity index (χ3v) is 2.70. The molecule has 0 unspecified atom stereocenters. The third kappa shape index (κ3) is 5.63. The van der Waals surface area contributed by atoms with Crippen LogP contribution in [0.1, 0.15) is 35.7 Å². The van der Waals surface area contributed by atoms with E-state index in [4.69, 9.17) is 15.2 Å². The summed E-state index contributed by atoms with van der Waals surface area (Å²) < 4.78 is 47.8. The van der Waals surface area contributed by atoms with Gasteiger partial charge in [-0.15, -0.1) is 0 Å². The van der Waals surface area contributed by atoms with Crippen LogP contribution in [0.2, 0.25) is 0 Å². The average molecular weight is 305 g/mol. The fraction of sp³-hybridized carbons (Fsp3) is 0.500. The Morgan fingerprint density at radius 3 is 2.57 bits per heavy atom. The van der Waals surface area contributed by atoms with E-state index in [0.29, 0.717) is 12.7 Å². The van der Waals surface area contributed by atoms with E-state index in [1.807, 2.05) is 6.92 Å². The number of hydrogen-bond donors (Lipinski definition) is 1. The molecule has 118 valence electrons. The maximum absolute atomic E-state index is 12.6. The van der Waals surface area contributed by atoms with Crippen molar-refractivity contribution in [3.05, 3.63) is 29.3 Å². The van der Waals surface area contributed by atoms with Gasteiger partial charge in [0, 0.05) is 12.3 Å². The van der Waals surface area contributed by atoms with Crippen molar-refractivity contribution in [2.45, 2.75) is 25.9 Å². The lowest BCUT2D eigenvalue weighted by atomic mass is 10.1. The highest BCUT2D eigenvalue weighted by Gasteiger charge is 2.31. The Kier molecular flexibility index (Phi) is 6.48. The van der Waals surface area contributed by atoms with E-state index in [1.165, 1.54) is 0 Å². The number of anilines is 1. The van der Waals surface area contributed by atoms with Crippen molar-refractivity contribution in [2.24, 2.45) is 0 Å². The van der Waals surface area contributed by atoms with E-state index in [0.717, 1.165) is 25.0 Å². The first kappa shape index (κ1) is 17.3. The molecule has 21 heavy (non-hydrogen) atoms. The molecule has 0 saturated carbocycles. The maximum atomic E-state index is 12.6. The van der Waals surface area contributed by atoms with Crippen LogP contribution in [-0.2, 0) is 15.7 Å². The van der Waals surface area contributed by atoms with Gasteiger partial charge in [0.2, 0.25) is 0 Å². The van der Waals surface area contributed by atoms with Gasteiger partial charge in [0.25, 0.3) is 0 Å². The van der Waals surface area contributed by atoms with Gasteiger partial charge < -0.3 is 15.2 Å². The van der Waals surface area contributed by atoms with Gasteiger partial charge in [-0.3, -0.25) is 0 Å². The fourth-order valence-corrected chi connectivity index (χ4v) is 1.53. The zero-order valence-corrected chi connectivity index (χ0v) is 11.7. The molecule has 0 radical (unpaired) electrons. The van der Waals surface area contributed by atoms with Crippen LogP contribution in [0.15, 0.2) is 18.2 Å². The van der Waals surface area contributed by atoms with Gasteiger partial charge in [0.1, 0.15) is 6.61 Å². The zero-order valence-electron chi connectivity index (χ0n) is 11.7. The van der Waals surface area contributed by atoms with Crippen molar-refractivity contribution in [1.29, 1.82) is 0 Å². The van der Waals surface area contributed by atoms with E-state index >= 15 is 0 Å². The Bertz CT molecular complexity index is 475. The first-order valence-electron chi connectivity index (χ1n) is 6.58. The largest absolute Gasteiger partial charge is 0.460 e. The molecule has 0 heterocycles. The van der Waals surface area contributed by atoms with E-state index in [2.05, 4.69) is 0 Å². The van der Waals surface area contributed by atoms with Crippen molar-refractivity contribution in [2.75, 3.05) is 25.6 Å². The van der Waals surface area contributed by atoms with Crippen molar-refractivity contribution in [1.82, 2.24) is 0 Å². The van der Waals surface area contributed by atoms with E-state index in [9.17, 15) is 18.0 Å². The first-order valence-corrected chi connectivity index (χ1v) is 6.58. The van der Waals surface area contributed by atoms with Gasteiger partial charge in [-0.25, -0.2) is 4.79 Å². The van der Waals surface area contributed by atoms with Gasteiger partial charge >= 0.3 is 12.1 Å². The van der Waals surface area contributed by atoms with Crippen molar-refractivity contribution < 1.29 is 27.4 Å². The first-order chi connectivity index (χ1) is 9.86. The summed E-state index contributed by atoms with van der Waals surface area (Å²) in [5.74, 6) is -0.891. The van der Waals surface area contributed by atoms with Crippen molar-refractivity contribution >= 4 is 11.7 Å². The van der Waals surface area contributed by atoms with E-state index in [1.54, 1.807) is 0 Å². The van der Waals surface area contributed by atoms with Crippen molar-refractivity contribution in [3.63, 3.8) is 0 Å². The summed E-state index contributed by atoms with van der Waals surface area (Å²) in [5, 5.41) is 0. The van der Waals surface area contributed by atoms with Gasteiger partial charge in [-0.2, -0.15) is 13.2 Å². The lowest BCUT2D eigenvalue weighted by Gasteiger charge is -2.11. The molecule has 0 fully saturated rings. The smallest absolute Gasteiger partial charge is 0.416 e. The Balaban J connectivity index is 2.57. The molecule has 4 nitrogen and oxygen atoms in total. The number of nitrogen functional groups attached to an aromatic ring is 1. The van der Waals surface area contributed by atoms with Crippen LogP contribution < -0.4 is 5.73 Å². The number of rotatable bonds is 7. The number of benzene rings is 1. The molecule has 1 aromatic rings. The maximum Gasteiger partial charge on any atom is 0.416 e. The number of unbranched alkanes of at least 4 members (excludes halogenated alkanes) is 1. The monoisotopic (exact) mass is 305 g/mol. The van der Waals surface area contributed by atoms with Crippen LogP contribution in [-0.4, -0.2) is 25.8 Å². The summed E-state index contributed by atoms with van der Waals surface area (Å²) in [7, 11) is 0. The molecule has 2 N–H and O–H groups in total. The second-order valence-corrected chi connectivity index (χ2v) is 4.40. The number of hydrogen-bond acceptors (Lipinski definition) is 4. The quantitative estimate of drug-likeness (QED) is 0.477. The Morgan fingerprint density at radius 1 is 1.24 bits per heavy atom. The van der Waals surface area contributed by atoms with Crippen LogP contribution in [0.25, 0.3) is 0 Å². The van der Waals surface area contributed by atoms with E-state index < -0.39 is 17.7 Å². The van der Waals surface area contributed by atoms with Crippen LogP contribution >= 0.6 is 0 Å². The minimum Gasteiger partial charge on any atom is -0.460 e. The fourth-order valence-electron chi connectivity index (χ4n) is 1.53.